The van der Waals surface area contributed by atoms with E-state index in [-0.39, 0.29) is 18.4 Å². The van der Waals surface area contributed by atoms with Crippen molar-refractivity contribution in [2.24, 2.45) is 5.92 Å². The Morgan fingerprint density at radius 3 is 2.65 bits per heavy atom. The minimum Gasteiger partial charge on any atom is -0.466 e. The Morgan fingerprint density at radius 1 is 1.47 bits per heavy atom. The van der Waals surface area contributed by atoms with Gasteiger partial charge in [-0.15, -0.1) is 0 Å². The zero-order valence-electron chi connectivity index (χ0n) is 10.5. The van der Waals surface area contributed by atoms with Crippen LogP contribution < -0.4 is 0 Å². The summed E-state index contributed by atoms with van der Waals surface area (Å²) in [5.74, 6) is -0.635. The van der Waals surface area contributed by atoms with Crippen LogP contribution in [-0.2, 0) is 19.7 Å². The maximum Gasteiger partial charge on any atom is 0.310 e. The molecule has 1 fully saturated rings. The Labute approximate surface area is 103 Å². The van der Waals surface area contributed by atoms with Gasteiger partial charge >= 0.3 is 5.97 Å². The van der Waals surface area contributed by atoms with E-state index in [1.807, 2.05) is 0 Å². The first-order chi connectivity index (χ1) is 7.89. The van der Waals surface area contributed by atoms with E-state index >= 15 is 0 Å². The fourth-order valence-corrected chi connectivity index (χ4v) is 3.03. The summed E-state index contributed by atoms with van der Waals surface area (Å²) in [6, 6.07) is 0. The van der Waals surface area contributed by atoms with Crippen LogP contribution in [-0.4, -0.2) is 56.8 Å². The third kappa shape index (κ3) is 3.40. The predicted octanol–water partition coefficient (Wildman–Crippen LogP) is 0.0679. The second kappa shape index (κ2) is 5.79. The molecular formula is C10H20N2O4S. The largest absolute Gasteiger partial charge is 0.466 e. The summed E-state index contributed by atoms with van der Waals surface area (Å²) in [7, 11) is -0.444. The van der Waals surface area contributed by atoms with E-state index < -0.39 is 10.2 Å². The van der Waals surface area contributed by atoms with Crippen molar-refractivity contribution in [3.05, 3.63) is 0 Å². The van der Waals surface area contributed by atoms with Crippen LogP contribution in [0.1, 0.15) is 19.8 Å². The molecule has 1 atom stereocenters. The van der Waals surface area contributed by atoms with Gasteiger partial charge in [0.15, 0.2) is 0 Å². The van der Waals surface area contributed by atoms with Gasteiger partial charge < -0.3 is 4.74 Å². The molecular weight excluding hydrogens is 244 g/mol. The minimum atomic E-state index is -3.42. The fourth-order valence-electron chi connectivity index (χ4n) is 1.84. The highest BCUT2D eigenvalue weighted by molar-refractivity contribution is 7.86. The summed E-state index contributed by atoms with van der Waals surface area (Å²) in [5, 5.41) is 0. The molecule has 7 heteroatoms. The molecule has 0 aromatic heterocycles. The van der Waals surface area contributed by atoms with Crippen LogP contribution >= 0.6 is 0 Å². The van der Waals surface area contributed by atoms with E-state index in [4.69, 9.17) is 4.74 Å². The quantitative estimate of drug-likeness (QED) is 0.674. The van der Waals surface area contributed by atoms with E-state index in [0.717, 1.165) is 0 Å². The number of esters is 1. The van der Waals surface area contributed by atoms with E-state index in [2.05, 4.69) is 0 Å². The molecule has 0 bridgehead atoms. The molecule has 17 heavy (non-hydrogen) atoms. The lowest BCUT2D eigenvalue weighted by atomic mass is 10.0. The van der Waals surface area contributed by atoms with Crippen LogP contribution in [0.15, 0.2) is 0 Å². The van der Waals surface area contributed by atoms with Crippen molar-refractivity contribution in [3.63, 3.8) is 0 Å². The molecule has 0 radical (unpaired) electrons. The van der Waals surface area contributed by atoms with Crippen molar-refractivity contribution in [1.82, 2.24) is 8.61 Å². The summed E-state index contributed by atoms with van der Waals surface area (Å²) >= 11 is 0. The topological polar surface area (TPSA) is 66.9 Å². The number of hydrogen-bond donors (Lipinski definition) is 0. The lowest BCUT2D eigenvalue weighted by Gasteiger charge is -2.32. The Balaban J connectivity index is 2.70. The van der Waals surface area contributed by atoms with E-state index in [1.54, 1.807) is 6.92 Å². The molecule has 0 amide bonds. The molecule has 1 aliphatic rings. The molecule has 6 nitrogen and oxygen atoms in total. The van der Waals surface area contributed by atoms with E-state index in [9.17, 15) is 13.2 Å². The SMILES string of the molecule is CCOC(=O)[C@H]1CCCN(S(=O)(=O)N(C)C)C1. The van der Waals surface area contributed by atoms with E-state index in [0.29, 0.717) is 26.0 Å². The first-order valence-electron chi connectivity index (χ1n) is 5.73. The van der Waals surface area contributed by atoms with E-state index in [1.165, 1.54) is 22.7 Å². The fraction of sp³-hybridized carbons (Fsp3) is 0.900. The molecule has 0 unspecified atom stereocenters. The molecule has 0 spiro atoms. The maximum absolute atomic E-state index is 11.9. The van der Waals surface area contributed by atoms with Crippen LogP contribution in [0.4, 0.5) is 0 Å². The van der Waals surface area contributed by atoms with Crippen molar-refractivity contribution in [2.45, 2.75) is 19.8 Å². The number of rotatable bonds is 4. The molecule has 1 heterocycles. The Bertz CT molecular complexity index is 367. The predicted molar refractivity (Wildman–Crippen MR) is 63.5 cm³/mol. The van der Waals surface area contributed by atoms with Gasteiger partial charge in [0, 0.05) is 27.2 Å². The number of piperidine rings is 1. The molecule has 1 aliphatic heterocycles. The second-order valence-corrected chi connectivity index (χ2v) is 6.38. The van der Waals surface area contributed by atoms with Crippen molar-refractivity contribution >= 4 is 16.2 Å². The third-order valence-electron chi connectivity index (χ3n) is 2.79. The van der Waals surface area contributed by atoms with Crippen LogP contribution in [0.2, 0.25) is 0 Å². The van der Waals surface area contributed by atoms with Crippen molar-refractivity contribution < 1.29 is 17.9 Å². The summed E-state index contributed by atoms with van der Waals surface area (Å²) in [6.07, 6.45) is 1.38. The first kappa shape index (κ1) is 14.4. The molecule has 0 saturated carbocycles. The second-order valence-electron chi connectivity index (χ2n) is 4.24. The summed E-state index contributed by atoms with van der Waals surface area (Å²) < 4.78 is 31.3. The average Bonchev–Trinajstić information content (AvgIpc) is 2.29. The Morgan fingerprint density at radius 2 is 2.12 bits per heavy atom. The number of carbonyl (C=O) groups is 1. The van der Waals surface area contributed by atoms with Gasteiger partial charge in [0.1, 0.15) is 0 Å². The first-order valence-corrected chi connectivity index (χ1v) is 7.13. The van der Waals surface area contributed by atoms with Crippen LogP contribution in [0.25, 0.3) is 0 Å². The van der Waals surface area contributed by atoms with Crippen LogP contribution in [0.5, 0.6) is 0 Å². The molecule has 0 aliphatic carbocycles. The number of ether oxygens (including phenoxy) is 1. The van der Waals surface area contributed by atoms with Gasteiger partial charge in [0.05, 0.1) is 12.5 Å². The molecule has 0 aromatic carbocycles. The van der Waals surface area contributed by atoms with Gasteiger partial charge in [-0.1, -0.05) is 0 Å². The molecule has 1 rings (SSSR count). The van der Waals surface area contributed by atoms with Crippen LogP contribution in [0.3, 0.4) is 0 Å². The smallest absolute Gasteiger partial charge is 0.310 e. The normalized spacial score (nSPS) is 22.7. The zero-order chi connectivity index (χ0) is 13.1. The van der Waals surface area contributed by atoms with Crippen molar-refractivity contribution in [3.8, 4) is 0 Å². The monoisotopic (exact) mass is 264 g/mol. The number of carbonyl (C=O) groups excluding carboxylic acids is 1. The average molecular weight is 264 g/mol. The molecule has 1 saturated heterocycles. The van der Waals surface area contributed by atoms with Gasteiger partial charge in [0.2, 0.25) is 0 Å². The molecule has 100 valence electrons. The number of hydrogen-bond acceptors (Lipinski definition) is 4. The zero-order valence-corrected chi connectivity index (χ0v) is 11.4. The van der Waals surface area contributed by atoms with Crippen molar-refractivity contribution in [1.29, 1.82) is 0 Å². The highest BCUT2D eigenvalue weighted by Crippen LogP contribution is 2.21. The van der Waals surface area contributed by atoms with Gasteiger partial charge in [-0.05, 0) is 19.8 Å². The highest BCUT2D eigenvalue weighted by Gasteiger charge is 2.33. The van der Waals surface area contributed by atoms with Gasteiger partial charge in [-0.2, -0.15) is 17.0 Å². The van der Waals surface area contributed by atoms with Gasteiger partial charge in [0.25, 0.3) is 10.2 Å². The van der Waals surface area contributed by atoms with Crippen molar-refractivity contribution in [2.75, 3.05) is 33.8 Å². The standard InChI is InChI=1S/C10H20N2O4S/c1-4-16-10(13)9-6-5-7-12(8-9)17(14,15)11(2)3/h9H,4-8H2,1-3H3/t9-/m0/s1. The Kier molecular flexibility index (Phi) is 4.91. The maximum atomic E-state index is 11.9. The number of nitrogens with zero attached hydrogens (tertiary/aromatic N) is 2. The van der Waals surface area contributed by atoms with Gasteiger partial charge in [-0.25, -0.2) is 0 Å². The van der Waals surface area contributed by atoms with Gasteiger partial charge in [-0.3, -0.25) is 4.79 Å². The lowest BCUT2D eigenvalue weighted by molar-refractivity contribution is -0.149. The summed E-state index contributed by atoms with van der Waals surface area (Å²) in [4.78, 5) is 11.6. The third-order valence-corrected chi connectivity index (χ3v) is 4.70. The minimum absolute atomic E-state index is 0.222. The summed E-state index contributed by atoms with van der Waals surface area (Å²) in [6.45, 7) is 2.76. The Hall–Kier alpha value is -0.660. The molecule has 0 N–H and O–H groups in total. The highest BCUT2D eigenvalue weighted by atomic mass is 32.2. The lowest BCUT2D eigenvalue weighted by Crippen LogP contribution is -2.47. The van der Waals surface area contributed by atoms with Crippen LogP contribution in [0, 0.1) is 5.92 Å². The summed E-state index contributed by atoms with van der Waals surface area (Å²) in [5.41, 5.74) is 0. The molecule has 0 aromatic rings.